The van der Waals surface area contributed by atoms with Crippen LogP contribution in [0.1, 0.15) is 40.5 Å². The summed E-state index contributed by atoms with van der Waals surface area (Å²) >= 11 is 1.57. The van der Waals surface area contributed by atoms with Crippen LogP contribution in [0.4, 0.5) is 0 Å². The smallest absolute Gasteiger partial charge is 0.255 e. The summed E-state index contributed by atoms with van der Waals surface area (Å²) in [6.45, 7) is 5.19. The Balaban J connectivity index is 1.50. The van der Waals surface area contributed by atoms with E-state index < -0.39 is 0 Å². The van der Waals surface area contributed by atoms with Gasteiger partial charge in [0.25, 0.3) is 5.91 Å². The van der Waals surface area contributed by atoms with Gasteiger partial charge >= 0.3 is 0 Å². The maximum atomic E-state index is 12.8. The second-order valence-corrected chi connectivity index (χ2v) is 7.42. The average Bonchev–Trinajstić information content (AvgIpc) is 3.34. The Morgan fingerprint density at radius 2 is 2.16 bits per heavy atom. The summed E-state index contributed by atoms with van der Waals surface area (Å²) in [6.07, 6.45) is 3.97. The number of hydrogen-bond donors (Lipinski definition) is 0. The van der Waals surface area contributed by atoms with E-state index in [4.69, 9.17) is 4.74 Å². The summed E-state index contributed by atoms with van der Waals surface area (Å²) in [6, 6.07) is 6.32. The van der Waals surface area contributed by atoms with Crippen molar-refractivity contribution < 1.29 is 9.53 Å². The fourth-order valence-electron chi connectivity index (χ4n) is 3.69. The lowest BCUT2D eigenvalue weighted by Crippen LogP contribution is -2.36. The van der Waals surface area contributed by atoms with Crippen LogP contribution >= 0.6 is 11.3 Å². The van der Waals surface area contributed by atoms with Gasteiger partial charge in [0.15, 0.2) is 0 Å². The molecule has 0 N–H and O–H groups in total. The molecule has 2 aliphatic rings. The number of ether oxygens (including phenoxy) is 1. The van der Waals surface area contributed by atoms with Crippen LogP contribution in [0.15, 0.2) is 35.2 Å². The molecular weight excluding hydrogens is 334 g/mol. The zero-order valence-electron chi connectivity index (χ0n) is 14.3. The lowest BCUT2D eigenvalue weighted by atomic mass is 10.0. The van der Waals surface area contributed by atoms with E-state index in [2.05, 4.69) is 22.0 Å². The van der Waals surface area contributed by atoms with Gasteiger partial charge in [-0.3, -0.25) is 14.7 Å². The van der Waals surface area contributed by atoms with Crippen molar-refractivity contribution in [1.82, 2.24) is 14.8 Å². The molecule has 0 aromatic carbocycles. The third kappa shape index (κ3) is 3.76. The largest absolute Gasteiger partial charge is 0.379 e. The third-order valence-electron chi connectivity index (χ3n) is 5.00. The van der Waals surface area contributed by atoms with Crippen LogP contribution in [0.2, 0.25) is 0 Å². The van der Waals surface area contributed by atoms with Gasteiger partial charge in [0.1, 0.15) is 0 Å². The highest BCUT2D eigenvalue weighted by Gasteiger charge is 2.31. The minimum Gasteiger partial charge on any atom is -0.379 e. The predicted molar refractivity (Wildman–Crippen MR) is 97.7 cm³/mol. The summed E-state index contributed by atoms with van der Waals surface area (Å²) in [7, 11) is 0. The number of carbonyl (C=O) groups is 1. The van der Waals surface area contributed by atoms with Crippen LogP contribution in [-0.2, 0) is 11.3 Å². The number of hydrogen-bond acceptors (Lipinski definition) is 5. The number of nitrogens with zero attached hydrogens (tertiary/aromatic N) is 3. The van der Waals surface area contributed by atoms with Gasteiger partial charge < -0.3 is 9.64 Å². The molecule has 0 saturated carbocycles. The number of pyridine rings is 1. The van der Waals surface area contributed by atoms with Crippen molar-refractivity contribution in [3.8, 4) is 0 Å². The van der Waals surface area contributed by atoms with Crippen molar-refractivity contribution in [1.29, 1.82) is 0 Å². The number of aromatic nitrogens is 1. The fourth-order valence-corrected chi connectivity index (χ4v) is 4.32. The molecule has 132 valence electrons. The summed E-state index contributed by atoms with van der Waals surface area (Å²) in [5.74, 6) is 0.148. The number of rotatable bonds is 4. The molecule has 2 saturated heterocycles. The van der Waals surface area contributed by atoms with Crippen LogP contribution in [0.3, 0.4) is 0 Å². The first-order valence-corrected chi connectivity index (χ1v) is 9.83. The van der Waals surface area contributed by atoms with E-state index in [0.717, 1.165) is 63.5 Å². The van der Waals surface area contributed by atoms with Crippen molar-refractivity contribution in [3.63, 3.8) is 0 Å². The first kappa shape index (κ1) is 16.7. The highest BCUT2D eigenvalue weighted by atomic mass is 32.1. The molecule has 5 nitrogen and oxygen atoms in total. The van der Waals surface area contributed by atoms with Gasteiger partial charge in [-0.1, -0.05) is 0 Å². The van der Waals surface area contributed by atoms with Gasteiger partial charge in [0, 0.05) is 37.8 Å². The number of amides is 1. The van der Waals surface area contributed by atoms with E-state index in [9.17, 15) is 4.79 Å². The monoisotopic (exact) mass is 357 g/mol. The number of likely N-dealkylation sites (tertiary alicyclic amines) is 1. The molecule has 25 heavy (non-hydrogen) atoms. The molecule has 6 heteroatoms. The van der Waals surface area contributed by atoms with E-state index in [-0.39, 0.29) is 11.9 Å². The highest BCUT2D eigenvalue weighted by molar-refractivity contribution is 7.08. The Hall–Kier alpha value is -1.76. The minimum atomic E-state index is 0.148. The highest BCUT2D eigenvalue weighted by Crippen LogP contribution is 2.33. The first-order valence-electron chi connectivity index (χ1n) is 8.89. The van der Waals surface area contributed by atoms with Gasteiger partial charge in [-0.25, -0.2) is 0 Å². The van der Waals surface area contributed by atoms with Gasteiger partial charge in [0.05, 0.1) is 30.5 Å². The quantitative estimate of drug-likeness (QED) is 0.844. The number of carbonyl (C=O) groups excluding carboxylic acids is 1. The van der Waals surface area contributed by atoms with Gasteiger partial charge in [-0.05, 0) is 42.0 Å². The molecule has 0 bridgehead atoms. The Bertz CT molecular complexity index is 713. The molecule has 1 unspecified atom stereocenters. The molecule has 1 atom stereocenters. The Kier molecular flexibility index (Phi) is 5.10. The molecule has 4 heterocycles. The molecule has 2 aromatic rings. The van der Waals surface area contributed by atoms with Gasteiger partial charge in [0.2, 0.25) is 0 Å². The topological polar surface area (TPSA) is 45.7 Å². The van der Waals surface area contributed by atoms with Gasteiger partial charge in [-0.2, -0.15) is 11.3 Å². The lowest BCUT2D eigenvalue weighted by molar-refractivity contribution is 0.0336. The van der Waals surface area contributed by atoms with Crippen molar-refractivity contribution in [3.05, 3.63) is 52.0 Å². The van der Waals surface area contributed by atoms with Crippen LogP contribution < -0.4 is 0 Å². The summed E-state index contributed by atoms with van der Waals surface area (Å²) in [5, 5.41) is 3.90. The van der Waals surface area contributed by atoms with Crippen LogP contribution in [-0.4, -0.2) is 53.5 Å². The molecule has 0 radical (unpaired) electrons. The second-order valence-electron chi connectivity index (χ2n) is 6.64. The zero-order chi connectivity index (χ0) is 17.1. The molecule has 4 rings (SSSR count). The lowest BCUT2D eigenvalue weighted by Gasteiger charge is -2.27. The SMILES string of the molecule is O=C(c1ccsc1)N1CCCC1c1ccnc(CN2CCOCC2)c1. The van der Waals surface area contributed by atoms with Crippen molar-refractivity contribution in [2.24, 2.45) is 0 Å². The molecule has 2 aliphatic heterocycles. The Morgan fingerprint density at radius 3 is 2.96 bits per heavy atom. The fraction of sp³-hybridized carbons (Fsp3) is 0.474. The summed E-state index contributed by atoms with van der Waals surface area (Å²) in [4.78, 5) is 21.7. The molecule has 2 aromatic heterocycles. The van der Waals surface area contributed by atoms with Crippen LogP contribution in [0, 0.1) is 0 Å². The van der Waals surface area contributed by atoms with Gasteiger partial charge in [-0.15, -0.1) is 0 Å². The molecule has 0 aliphatic carbocycles. The van der Waals surface area contributed by atoms with E-state index in [0.29, 0.717) is 0 Å². The number of morpholine rings is 1. The second kappa shape index (κ2) is 7.64. The van der Waals surface area contributed by atoms with Crippen molar-refractivity contribution >= 4 is 17.2 Å². The Labute approximate surface area is 152 Å². The first-order chi connectivity index (χ1) is 12.3. The summed E-state index contributed by atoms with van der Waals surface area (Å²) in [5.41, 5.74) is 3.09. The van der Waals surface area contributed by atoms with E-state index in [1.807, 2.05) is 27.9 Å². The van der Waals surface area contributed by atoms with Crippen molar-refractivity contribution in [2.45, 2.75) is 25.4 Å². The normalized spacial score (nSPS) is 21.6. The minimum absolute atomic E-state index is 0.148. The molecule has 2 fully saturated rings. The standard InChI is InChI=1S/C19H23N3O2S/c23-19(16-4-11-25-14-16)22-6-1-2-18(22)15-3-5-20-17(12-15)13-21-7-9-24-10-8-21/h3-5,11-12,14,18H,1-2,6-10,13H2. The zero-order valence-corrected chi connectivity index (χ0v) is 15.1. The Morgan fingerprint density at radius 1 is 1.28 bits per heavy atom. The predicted octanol–water partition coefficient (Wildman–Crippen LogP) is 2.95. The van der Waals surface area contributed by atoms with E-state index in [1.54, 1.807) is 11.3 Å². The molecular formula is C19H23N3O2S. The summed E-state index contributed by atoms with van der Waals surface area (Å²) < 4.78 is 5.41. The van der Waals surface area contributed by atoms with E-state index >= 15 is 0 Å². The maximum absolute atomic E-state index is 12.8. The van der Waals surface area contributed by atoms with E-state index in [1.165, 1.54) is 5.56 Å². The average molecular weight is 357 g/mol. The number of thiophene rings is 1. The van der Waals surface area contributed by atoms with Crippen LogP contribution in [0.5, 0.6) is 0 Å². The molecule has 1 amide bonds. The van der Waals surface area contributed by atoms with Crippen LogP contribution in [0.25, 0.3) is 0 Å². The van der Waals surface area contributed by atoms with Crippen molar-refractivity contribution in [2.75, 3.05) is 32.8 Å². The molecule has 0 spiro atoms. The third-order valence-corrected chi connectivity index (χ3v) is 5.68. The maximum Gasteiger partial charge on any atom is 0.255 e.